The van der Waals surface area contributed by atoms with Crippen molar-refractivity contribution in [2.24, 2.45) is 0 Å². The number of carbonyl (C=O) groups excluding carboxylic acids is 12. The number of allylic oxidation sites excluding steroid dienone is 2. The molecule has 0 aliphatic carbocycles. The second kappa shape index (κ2) is 38.0. The summed E-state index contributed by atoms with van der Waals surface area (Å²) in [6.07, 6.45) is 4.75. The number of amides is 11. The number of aromatic nitrogens is 1. The predicted octanol–water partition coefficient (Wildman–Crippen LogP) is 3.40. The lowest BCUT2D eigenvalue weighted by molar-refractivity contribution is -0.870. The molecule has 5 aromatic rings. The molecular weight excluding hydrogens is 1430 g/mol. The number of aliphatic hydroxyl groups is 1. The second-order valence-electron chi connectivity index (χ2n) is 31.1. The summed E-state index contributed by atoms with van der Waals surface area (Å²) in [6.45, 7) is 4.68. The summed E-state index contributed by atoms with van der Waals surface area (Å²) >= 11 is 0. The summed E-state index contributed by atoms with van der Waals surface area (Å²) < 4.78 is 30.1. The van der Waals surface area contributed by atoms with Crippen LogP contribution in [0.15, 0.2) is 109 Å². The number of quaternary nitrogens is 1. The van der Waals surface area contributed by atoms with E-state index in [2.05, 4.69) is 69.0 Å². The van der Waals surface area contributed by atoms with Crippen molar-refractivity contribution in [3.8, 4) is 5.75 Å². The van der Waals surface area contributed by atoms with Gasteiger partial charge in [0.25, 0.3) is 0 Å². The van der Waals surface area contributed by atoms with Gasteiger partial charge in [-0.2, -0.15) is 0 Å². The number of ketones is 1. The number of carbonyl (C=O) groups is 12. The third-order valence-corrected chi connectivity index (χ3v) is 21.5. The van der Waals surface area contributed by atoms with Crippen molar-refractivity contribution < 1.29 is 81.0 Å². The van der Waals surface area contributed by atoms with Crippen LogP contribution in [0, 0.1) is 5.82 Å². The smallest absolute Gasteiger partial charge is 0.246 e. The van der Waals surface area contributed by atoms with Gasteiger partial charge in [0.05, 0.1) is 53.0 Å². The maximum Gasteiger partial charge on any atom is 0.246 e. The summed E-state index contributed by atoms with van der Waals surface area (Å²) in [5, 5.41) is 37.5. The van der Waals surface area contributed by atoms with Crippen LogP contribution in [0.3, 0.4) is 0 Å². The molecule has 0 saturated carbocycles. The number of nitrogens with one attached hydrogen (secondary N) is 9. The molecule has 0 spiro atoms. The van der Waals surface area contributed by atoms with Crippen molar-refractivity contribution in [3.05, 3.63) is 149 Å². The number of benzene rings is 4. The molecule has 7 heterocycles. The summed E-state index contributed by atoms with van der Waals surface area (Å²) in [6, 6.07) is 13.4. The van der Waals surface area contributed by atoms with Gasteiger partial charge in [-0.15, -0.1) is 0 Å². The first-order valence-corrected chi connectivity index (χ1v) is 38.6. The molecule has 6 aliphatic rings. The van der Waals surface area contributed by atoms with E-state index in [1.165, 1.54) is 38.0 Å². The van der Waals surface area contributed by atoms with Crippen molar-refractivity contribution in [2.45, 2.75) is 209 Å². The van der Waals surface area contributed by atoms with E-state index in [1.807, 2.05) is 41.0 Å². The Hall–Kier alpha value is -10.4. The Morgan fingerprint density at radius 3 is 2.15 bits per heavy atom. The highest BCUT2D eigenvalue weighted by Crippen LogP contribution is 2.33. The maximum atomic E-state index is 16.2. The Labute approximate surface area is 646 Å². The molecule has 0 radical (unpaired) electrons. The Balaban J connectivity index is 1.09. The topological polar surface area (TPSA) is 363 Å². The molecule has 29 heteroatoms. The first kappa shape index (κ1) is 83.1. The predicted molar refractivity (Wildman–Crippen MR) is 410 cm³/mol. The molecule has 28 nitrogen and oxygen atoms in total. The Kier molecular flexibility index (Phi) is 28.5. The highest BCUT2D eigenvalue weighted by molar-refractivity contribution is 6.00. The van der Waals surface area contributed by atoms with E-state index in [0.717, 1.165) is 39.9 Å². The molecule has 0 unspecified atom stereocenters. The molecule has 4 aromatic carbocycles. The standard InChI is InChI=1S/C82H106FN13O15/c1-50-74(102)88-63(30-27-59(98)18-10-9-13-41-96(4,5)6)75(103)89-64-44-54-16-14-17-55(42-54)47-85-71(101)49-111-68-35-40-94-73(68)78(106)92-72(51(2)97)77(105)91-65(43-53-22-28-60(110-7)29-23-53)80(108)95-39-15-36-82(95,3)81(109)84-37-34-52-20-24-56(25-21-52)62(87-70(100)33-32-69(99)86-50)19-11-8-12-38-93-48-57(45-66(79(94)107)90-76(64)104)61-46-58(83)26-31-67(61)93/h8,12,14,16-17,20-26,28-29,31,42,46,48,50-51,62-66,68,72-73,97H,9-11,13,15,18-19,27,30,32-41,43-45,47,49H2,1-7H3,(H8-,84,85,86,87,88,89,90,91,92,99,100,101,102,103,104,105,106,109)/p+1/b12-8+/t50-,51+,62+,63+,64-,65-,66-,68-,72-,73-,82-/m0/s1. The molecule has 2 fully saturated rings. The average Bonchev–Trinajstić information content (AvgIpc) is 1.62. The lowest BCUT2D eigenvalue weighted by Gasteiger charge is -2.37. The van der Waals surface area contributed by atoms with Crippen LogP contribution in [0.2, 0.25) is 0 Å². The molecule has 11 amide bonds. The fraction of sp³-hybridized carbons (Fsp3) is 0.512. The van der Waals surface area contributed by atoms with Crippen LogP contribution in [0.25, 0.3) is 10.9 Å². The number of hydrogen-bond acceptors (Lipinski definition) is 15. The van der Waals surface area contributed by atoms with E-state index in [1.54, 1.807) is 67.7 Å². The fourth-order valence-electron chi connectivity index (χ4n) is 15.2. The zero-order valence-corrected chi connectivity index (χ0v) is 64.5. The number of fused-ring (bicyclic) bond motifs is 16. The number of rotatable bonds is 13. The van der Waals surface area contributed by atoms with E-state index < -0.39 is 150 Å². The van der Waals surface area contributed by atoms with Crippen molar-refractivity contribution in [1.82, 2.24) is 62.2 Å². The number of unbranched alkanes of at least 4 members (excludes halogenated alkanes) is 2. The van der Waals surface area contributed by atoms with E-state index in [4.69, 9.17) is 9.47 Å². The SMILES string of the molecule is COc1ccc(C[C@@H]2NC(=O)[C@H]([C@@H](C)O)NC(=O)[C@@H]3[C@@H]4CCN3C(=O)[C@@H]3Cc5cn(c6ccc(F)cc56)C/C=C/CC[C@@H](NC(=O)CCC(=O)N[C@@H](C)C(=O)N[C@H](CCC(=O)CCCCC[N+](C)(C)C)C(=O)N[C@@H](Cc5cccc(c5)CNC(=O)CO4)C(=O)N3)c3ccc(cc3)CCNC(=O)[C@]3(C)CCCN3C2=O)cc1. The molecule has 1 aromatic heterocycles. The summed E-state index contributed by atoms with van der Waals surface area (Å²) in [5.74, 6) is -8.86. The number of halogens is 1. The molecule has 12 bridgehead atoms. The van der Waals surface area contributed by atoms with E-state index >= 15 is 33.2 Å². The van der Waals surface area contributed by atoms with Gasteiger partial charge in [-0.25, -0.2) is 4.39 Å². The van der Waals surface area contributed by atoms with Gasteiger partial charge in [0, 0.05) is 94.8 Å². The Bertz CT molecular complexity index is 4250. The number of aliphatic hydroxyl groups excluding tert-OH is 1. The average molecular weight is 1530 g/mol. The van der Waals surface area contributed by atoms with Crippen molar-refractivity contribution in [2.75, 3.05) is 61.0 Å². The quantitative estimate of drug-likeness (QED) is 0.0459. The van der Waals surface area contributed by atoms with Crippen LogP contribution in [0.5, 0.6) is 5.75 Å². The van der Waals surface area contributed by atoms with Gasteiger partial charge in [0.1, 0.15) is 71.8 Å². The summed E-state index contributed by atoms with van der Waals surface area (Å²) in [7, 11) is 7.72. The lowest BCUT2D eigenvalue weighted by atomic mass is 9.95. The normalized spacial score (nSPS) is 25.7. The van der Waals surface area contributed by atoms with E-state index in [0.29, 0.717) is 71.0 Å². The zero-order chi connectivity index (χ0) is 79.7. The molecule has 6 aliphatic heterocycles. The Morgan fingerprint density at radius 2 is 1.41 bits per heavy atom. The van der Waals surface area contributed by atoms with Crippen LogP contribution in [0.4, 0.5) is 4.39 Å². The fourth-order valence-corrected chi connectivity index (χ4v) is 15.2. The third kappa shape index (κ3) is 22.4. The molecular formula is C82H107FN13O15+. The molecule has 596 valence electrons. The van der Waals surface area contributed by atoms with Crippen LogP contribution in [0.1, 0.15) is 144 Å². The van der Waals surface area contributed by atoms with Crippen molar-refractivity contribution >= 4 is 81.7 Å². The van der Waals surface area contributed by atoms with Gasteiger partial charge >= 0.3 is 0 Å². The monoisotopic (exact) mass is 1530 g/mol. The number of ether oxygens (including phenoxy) is 2. The first-order chi connectivity index (χ1) is 53.0. The Morgan fingerprint density at radius 1 is 0.685 bits per heavy atom. The first-order valence-electron chi connectivity index (χ1n) is 38.6. The molecule has 2 saturated heterocycles. The third-order valence-electron chi connectivity index (χ3n) is 21.5. The highest BCUT2D eigenvalue weighted by Gasteiger charge is 2.50. The van der Waals surface area contributed by atoms with Crippen LogP contribution < -0.4 is 52.6 Å². The molecule has 11 rings (SSSR count). The number of Topliss-reactive ketones (excluding diaryl/α,β-unsaturated/α-hetero) is 1. The van der Waals surface area contributed by atoms with Gasteiger partial charge in [0.2, 0.25) is 65.0 Å². The summed E-state index contributed by atoms with van der Waals surface area (Å²) in [4.78, 5) is 180. The summed E-state index contributed by atoms with van der Waals surface area (Å²) in [5.41, 5.74) is 2.59. The maximum absolute atomic E-state index is 16.2. The van der Waals surface area contributed by atoms with E-state index in [-0.39, 0.29) is 96.3 Å². The highest BCUT2D eigenvalue weighted by atomic mass is 19.1. The van der Waals surface area contributed by atoms with E-state index in [9.17, 15) is 33.9 Å². The lowest BCUT2D eigenvalue weighted by Crippen LogP contribution is -2.64. The molecule has 11 atom stereocenters. The largest absolute Gasteiger partial charge is 0.497 e. The van der Waals surface area contributed by atoms with Crippen LogP contribution >= 0.6 is 0 Å². The second-order valence-corrected chi connectivity index (χ2v) is 31.1. The minimum Gasteiger partial charge on any atom is -0.497 e. The van der Waals surface area contributed by atoms with Crippen LogP contribution in [-0.4, -0.2) is 216 Å². The number of hydrogen-bond donors (Lipinski definition) is 10. The minimum atomic E-state index is -1.86. The van der Waals surface area contributed by atoms with Crippen molar-refractivity contribution in [1.29, 1.82) is 0 Å². The van der Waals surface area contributed by atoms with Gasteiger partial charge < -0.3 is 81.3 Å². The van der Waals surface area contributed by atoms with Crippen LogP contribution in [-0.2, 0) is 101 Å². The zero-order valence-electron chi connectivity index (χ0n) is 64.5. The number of methoxy groups -OCH3 is 1. The van der Waals surface area contributed by atoms with Gasteiger partial charge in [0.15, 0.2) is 0 Å². The van der Waals surface area contributed by atoms with Crippen molar-refractivity contribution in [3.63, 3.8) is 0 Å². The van der Waals surface area contributed by atoms with Gasteiger partial charge in [-0.05, 0) is 149 Å². The molecule has 10 N–H and O–H groups in total. The minimum absolute atomic E-state index is 0.0724. The van der Waals surface area contributed by atoms with Gasteiger partial charge in [-0.1, -0.05) is 72.8 Å². The molecule has 111 heavy (non-hydrogen) atoms. The van der Waals surface area contributed by atoms with Gasteiger partial charge in [-0.3, -0.25) is 57.5 Å². The number of nitrogens with zero attached hydrogens (tertiary/aromatic N) is 4.